The van der Waals surface area contributed by atoms with Crippen LogP contribution in [0.2, 0.25) is 0 Å². The van der Waals surface area contributed by atoms with Gasteiger partial charge in [0.2, 0.25) is 0 Å². The SMILES string of the molecule is COC(=O)C12Cc3ccccc3C1=C(c1ccccc1)C(C)(C(C)=O)C2. The fraction of sp³-hybridized carbons (Fsp3) is 0.304. The molecule has 0 aliphatic heterocycles. The lowest BCUT2D eigenvalue weighted by atomic mass is 9.72. The van der Waals surface area contributed by atoms with E-state index >= 15 is 0 Å². The van der Waals surface area contributed by atoms with Crippen LogP contribution in [0.5, 0.6) is 0 Å². The van der Waals surface area contributed by atoms with Gasteiger partial charge in [-0.1, -0.05) is 54.6 Å². The molecule has 3 heteroatoms. The third-order valence-electron chi connectivity index (χ3n) is 6.13. The molecule has 26 heavy (non-hydrogen) atoms. The molecule has 2 unspecified atom stereocenters. The van der Waals surface area contributed by atoms with Gasteiger partial charge in [-0.2, -0.15) is 0 Å². The lowest BCUT2D eigenvalue weighted by Crippen LogP contribution is -2.35. The molecule has 0 saturated heterocycles. The molecule has 2 atom stereocenters. The molecule has 0 spiro atoms. The van der Waals surface area contributed by atoms with Crippen LogP contribution in [-0.2, 0) is 20.7 Å². The molecule has 2 aliphatic carbocycles. The van der Waals surface area contributed by atoms with Crippen molar-refractivity contribution >= 4 is 22.9 Å². The van der Waals surface area contributed by atoms with Gasteiger partial charge < -0.3 is 4.74 Å². The molecule has 132 valence electrons. The van der Waals surface area contributed by atoms with Crippen molar-refractivity contribution < 1.29 is 14.3 Å². The van der Waals surface area contributed by atoms with Crippen molar-refractivity contribution in [1.29, 1.82) is 0 Å². The zero-order valence-electron chi connectivity index (χ0n) is 15.3. The summed E-state index contributed by atoms with van der Waals surface area (Å²) in [6.07, 6.45) is 1.04. The highest BCUT2D eigenvalue weighted by Crippen LogP contribution is 2.65. The van der Waals surface area contributed by atoms with Crippen molar-refractivity contribution in [1.82, 2.24) is 0 Å². The fourth-order valence-electron chi connectivity index (χ4n) is 4.89. The van der Waals surface area contributed by atoms with E-state index in [2.05, 4.69) is 12.1 Å². The van der Waals surface area contributed by atoms with E-state index in [1.807, 2.05) is 49.4 Å². The molecular formula is C23H22O3. The summed E-state index contributed by atoms with van der Waals surface area (Å²) >= 11 is 0. The second-order valence-electron chi connectivity index (χ2n) is 7.59. The van der Waals surface area contributed by atoms with E-state index in [1.165, 1.54) is 7.11 Å². The van der Waals surface area contributed by atoms with Gasteiger partial charge in [0, 0.05) is 0 Å². The van der Waals surface area contributed by atoms with E-state index in [0.29, 0.717) is 12.8 Å². The maximum atomic E-state index is 13.0. The van der Waals surface area contributed by atoms with E-state index in [9.17, 15) is 9.59 Å². The van der Waals surface area contributed by atoms with Gasteiger partial charge in [0.15, 0.2) is 0 Å². The summed E-state index contributed by atoms with van der Waals surface area (Å²) in [4.78, 5) is 25.8. The van der Waals surface area contributed by atoms with Gasteiger partial charge in [-0.05, 0) is 54.5 Å². The smallest absolute Gasteiger partial charge is 0.316 e. The average molecular weight is 346 g/mol. The zero-order chi connectivity index (χ0) is 18.5. The molecule has 0 radical (unpaired) electrons. The summed E-state index contributed by atoms with van der Waals surface area (Å²) in [5.41, 5.74) is 3.67. The normalized spacial score (nSPS) is 26.4. The summed E-state index contributed by atoms with van der Waals surface area (Å²) in [6, 6.07) is 18.1. The van der Waals surface area contributed by atoms with Crippen LogP contribution in [0.4, 0.5) is 0 Å². The largest absolute Gasteiger partial charge is 0.468 e. The van der Waals surface area contributed by atoms with Crippen LogP contribution in [0.25, 0.3) is 11.1 Å². The molecule has 0 heterocycles. The summed E-state index contributed by atoms with van der Waals surface area (Å²) in [7, 11) is 1.43. The van der Waals surface area contributed by atoms with Crippen molar-refractivity contribution in [3.8, 4) is 0 Å². The Morgan fingerprint density at radius 2 is 1.62 bits per heavy atom. The van der Waals surface area contributed by atoms with Gasteiger partial charge in [0.05, 0.1) is 17.9 Å². The number of rotatable bonds is 3. The van der Waals surface area contributed by atoms with Crippen molar-refractivity contribution in [2.45, 2.75) is 26.7 Å². The minimum atomic E-state index is -0.788. The van der Waals surface area contributed by atoms with Crippen molar-refractivity contribution in [3.05, 3.63) is 71.3 Å². The number of fused-ring (bicyclic) bond motifs is 3. The molecule has 0 fully saturated rings. The number of benzene rings is 2. The van der Waals surface area contributed by atoms with Gasteiger partial charge in [0.25, 0.3) is 0 Å². The topological polar surface area (TPSA) is 43.4 Å². The molecule has 0 N–H and O–H groups in total. The van der Waals surface area contributed by atoms with E-state index in [-0.39, 0.29) is 11.8 Å². The molecule has 0 amide bonds. The predicted octanol–water partition coefficient (Wildman–Crippen LogP) is 4.31. The highest BCUT2D eigenvalue weighted by atomic mass is 16.5. The Balaban J connectivity index is 2.11. The van der Waals surface area contributed by atoms with E-state index in [0.717, 1.165) is 27.8 Å². The van der Waals surface area contributed by atoms with Crippen molar-refractivity contribution in [3.63, 3.8) is 0 Å². The monoisotopic (exact) mass is 346 g/mol. The van der Waals surface area contributed by atoms with Crippen LogP contribution in [-0.4, -0.2) is 18.9 Å². The number of ether oxygens (including phenoxy) is 1. The lowest BCUT2D eigenvalue weighted by Gasteiger charge is -2.29. The first-order chi connectivity index (χ1) is 12.4. The van der Waals surface area contributed by atoms with Crippen molar-refractivity contribution in [2.24, 2.45) is 10.8 Å². The van der Waals surface area contributed by atoms with Gasteiger partial charge >= 0.3 is 5.97 Å². The first-order valence-corrected chi connectivity index (χ1v) is 8.92. The van der Waals surface area contributed by atoms with E-state index in [1.54, 1.807) is 6.92 Å². The van der Waals surface area contributed by atoms with Gasteiger partial charge in [-0.15, -0.1) is 0 Å². The number of allylic oxidation sites excluding steroid dienone is 1. The van der Waals surface area contributed by atoms with E-state index < -0.39 is 10.8 Å². The summed E-state index contributed by atoms with van der Waals surface area (Å²) in [6.45, 7) is 3.59. The predicted molar refractivity (Wildman–Crippen MR) is 101 cm³/mol. The molecular weight excluding hydrogens is 324 g/mol. The van der Waals surface area contributed by atoms with Crippen LogP contribution in [0.1, 0.15) is 37.0 Å². The third kappa shape index (κ3) is 2.06. The summed E-state index contributed by atoms with van der Waals surface area (Å²) in [5, 5.41) is 0. The zero-order valence-corrected chi connectivity index (χ0v) is 15.3. The van der Waals surface area contributed by atoms with Crippen LogP contribution < -0.4 is 0 Å². The number of ketones is 1. The Kier molecular flexibility index (Phi) is 3.65. The molecule has 3 nitrogen and oxygen atoms in total. The number of hydrogen-bond acceptors (Lipinski definition) is 3. The molecule has 0 aromatic heterocycles. The molecule has 4 rings (SSSR count). The Morgan fingerprint density at radius 1 is 0.962 bits per heavy atom. The molecule has 2 aromatic rings. The second-order valence-corrected chi connectivity index (χ2v) is 7.59. The Bertz CT molecular complexity index is 941. The van der Waals surface area contributed by atoms with Crippen LogP contribution >= 0.6 is 0 Å². The lowest BCUT2D eigenvalue weighted by molar-refractivity contribution is -0.150. The van der Waals surface area contributed by atoms with Gasteiger partial charge in [-0.3, -0.25) is 9.59 Å². The summed E-state index contributed by atoms with van der Waals surface area (Å²) < 4.78 is 5.24. The highest BCUT2D eigenvalue weighted by Gasteiger charge is 2.61. The van der Waals surface area contributed by atoms with E-state index in [4.69, 9.17) is 4.74 Å². The number of carbonyl (C=O) groups is 2. The minimum absolute atomic E-state index is 0.0824. The minimum Gasteiger partial charge on any atom is -0.468 e. The molecule has 2 aliphatic rings. The quantitative estimate of drug-likeness (QED) is 0.778. The third-order valence-corrected chi connectivity index (χ3v) is 6.13. The second kappa shape index (κ2) is 5.66. The number of esters is 1. The molecule has 2 aromatic carbocycles. The van der Waals surface area contributed by atoms with Crippen LogP contribution in [0, 0.1) is 10.8 Å². The van der Waals surface area contributed by atoms with Crippen molar-refractivity contribution in [2.75, 3.05) is 7.11 Å². The van der Waals surface area contributed by atoms with Gasteiger partial charge in [-0.25, -0.2) is 0 Å². The number of Topliss-reactive ketones (excluding diaryl/α,β-unsaturated/α-hetero) is 1. The summed E-state index contributed by atoms with van der Waals surface area (Å²) in [5.74, 6) is -0.166. The maximum absolute atomic E-state index is 13.0. The molecule has 0 bridgehead atoms. The Morgan fingerprint density at radius 3 is 2.27 bits per heavy atom. The highest BCUT2D eigenvalue weighted by molar-refractivity contribution is 6.15. The number of methoxy groups -OCH3 is 1. The van der Waals surface area contributed by atoms with Gasteiger partial charge in [0.1, 0.15) is 5.78 Å². The maximum Gasteiger partial charge on any atom is 0.316 e. The first kappa shape index (κ1) is 16.8. The standard InChI is InChI=1S/C23H22O3/c1-15(24)22(2)14-23(21(25)26-3)13-17-11-7-8-12-18(17)20(23)19(22)16-9-5-4-6-10-16/h4-12H,13-14H2,1-3H3. The fourth-order valence-corrected chi connectivity index (χ4v) is 4.89. The van der Waals surface area contributed by atoms with Crippen LogP contribution in [0.15, 0.2) is 54.6 Å². The average Bonchev–Trinajstić information content (AvgIpc) is 3.10. The molecule has 0 saturated carbocycles. The number of carbonyl (C=O) groups excluding carboxylic acids is 2. The number of hydrogen-bond donors (Lipinski definition) is 0. The van der Waals surface area contributed by atoms with Crippen LogP contribution in [0.3, 0.4) is 0 Å². The Hall–Kier alpha value is -2.68. The first-order valence-electron chi connectivity index (χ1n) is 8.92. The Labute approximate surface area is 153 Å².